The molecule has 0 saturated heterocycles. The molecule has 0 spiro atoms. The summed E-state index contributed by atoms with van der Waals surface area (Å²) in [5, 5.41) is 25.4. The molecular weight excluding hydrogens is 410 g/mol. The number of nitro groups is 2. The molecule has 0 bridgehead atoms. The Morgan fingerprint density at radius 2 is 1.84 bits per heavy atom. The van der Waals surface area contributed by atoms with Gasteiger partial charge in [0.15, 0.2) is 0 Å². The Labute approximate surface area is 175 Å². The molecule has 0 unspecified atom stereocenters. The number of nitrogens with one attached hydrogen (secondary N) is 1. The standard InChI is InChI=1S/C19H17N5O7/c1-3-31-19(25)17-18(30-2)22-14-9-16(24(28)29)15(8-13(14)21-17)20-10-11-5-4-6-12(7-11)23(26)27/h4-9,20H,3,10H2,1-2H3. The fourth-order valence-corrected chi connectivity index (χ4v) is 2.82. The van der Waals surface area contributed by atoms with Crippen LogP contribution in [0.2, 0.25) is 0 Å². The Balaban J connectivity index is 2.02. The highest BCUT2D eigenvalue weighted by Crippen LogP contribution is 2.31. The summed E-state index contributed by atoms with van der Waals surface area (Å²) < 4.78 is 10.0. The Hall–Kier alpha value is -4.35. The Morgan fingerprint density at radius 1 is 1.10 bits per heavy atom. The van der Waals surface area contributed by atoms with Crippen LogP contribution < -0.4 is 10.1 Å². The van der Waals surface area contributed by atoms with Crippen molar-refractivity contribution in [3.63, 3.8) is 0 Å². The number of benzene rings is 2. The van der Waals surface area contributed by atoms with Gasteiger partial charge in [0.25, 0.3) is 11.4 Å². The summed E-state index contributed by atoms with van der Waals surface area (Å²) in [5.41, 5.74) is 0.487. The van der Waals surface area contributed by atoms with Crippen molar-refractivity contribution in [1.29, 1.82) is 0 Å². The lowest BCUT2D eigenvalue weighted by atomic mass is 10.1. The average Bonchev–Trinajstić information content (AvgIpc) is 2.76. The maximum absolute atomic E-state index is 12.1. The molecule has 12 nitrogen and oxygen atoms in total. The number of rotatable bonds is 8. The first-order valence-electron chi connectivity index (χ1n) is 9.02. The van der Waals surface area contributed by atoms with E-state index in [-0.39, 0.29) is 52.8 Å². The zero-order valence-corrected chi connectivity index (χ0v) is 16.5. The van der Waals surface area contributed by atoms with Crippen molar-refractivity contribution in [2.75, 3.05) is 19.0 Å². The number of hydrogen-bond acceptors (Lipinski definition) is 10. The topological polar surface area (TPSA) is 160 Å². The van der Waals surface area contributed by atoms with Gasteiger partial charge in [-0.1, -0.05) is 12.1 Å². The third-order valence-electron chi connectivity index (χ3n) is 4.21. The number of carbonyl (C=O) groups excluding carboxylic acids is 1. The molecular formula is C19H17N5O7. The molecule has 0 saturated carbocycles. The minimum absolute atomic E-state index is 0.0857. The first-order chi connectivity index (χ1) is 14.8. The first kappa shape index (κ1) is 21.4. The normalized spacial score (nSPS) is 10.5. The molecule has 12 heteroatoms. The molecule has 0 aliphatic rings. The van der Waals surface area contributed by atoms with E-state index in [9.17, 15) is 25.0 Å². The van der Waals surface area contributed by atoms with E-state index in [0.29, 0.717) is 5.56 Å². The molecule has 31 heavy (non-hydrogen) atoms. The number of hydrogen-bond donors (Lipinski definition) is 1. The zero-order chi connectivity index (χ0) is 22.5. The van der Waals surface area contributed by atoms with Gasteiger partial charge in [-0.05, 0) is 18.6 Å². The fourth-order valence-electron chi connectivity index (χ4n) is 2.82. The van der Waals surface area contributed by atoms with Gasteiger partial charge in [-0.15, -0.1) is 0 Å². The number of nitro benzene ring substituents is 2. The predicted octanol–water partition coefficient (Wildman–Crippen LogP) is 3.24. The predicted molar refractivity (Wildman–Crippen MR) is 109 cm³/mol. The van der Waals surface area contributed by atoms with Crippen molar-refractivity contribution >= 4 is 34.1 Å². The van der Waals surface area contributed by atoms with E-state index in [1.54, 1.807) is 13.0 Å². The van der Waals surface area contributed by atoms with Gasteiger partial charge in [0.2, 0.25) is 11.6 Å². The van der Waals surface area contributed by atoms with E-state index in [1.165, 1.54) is 37.4 Å². The molecule has 160 valence electrons. The van der Waals surface area contributed by atoms with Gasteiger partial charge < -0.3 is 14.8 Å². The van der Waals surface area contributed by atoms with Crippen LogP contribution >= 0.6 is 0 Å². The molecule has 0 aliphatic carbocycles. The van der Waals surface area contributed by atoms with Crippen LogP contribution in [0.25, 0.3) is 11.0 Å². The number of aromatic nitrogens is 2. The molecule has 0 radical (unpaired) electrons. The number of esters is 1. The summed E-state index contributed by atoms with van der Waals surface area (Å²) in [4.78, 5) is 41.9. The second-order valence-electron chi connectivity index (χ2n) is 6.20. The van der Waals surface area contributed by atoms with Crippen LogP contribution in [0.3, 0.4) is 0 Å². The molecule has 3 rings (SSSR count). The van der Waals surface area contributed by atoms with Gasteiger partial charge in [0, 0.05) is 24.7 Å². The number of fused-ring (bicyclic) bond motifs is 1. The molecule has 0 fully saturated rings. The van der Waals surface area contributed by atoms with E-state index in [2.05, 4.69) is 15.3 Å². The van der Waals surface area contributed by atoms with Crippen LogP contribution in [0.4, 0.5) is 17.1 Å². The number of non-ortho nitro benzene ring substituents is 1. The monoisotopic (exact) mass is 427 g/mol. The largest absolute Gasteiger partial charge is 0.479 e. The number of methoxy groups -OCH3 is 1. The molecule has 1 aromatic heterocycles. The lowest BCUT2D eigenvalue weighted by Crippen LogP contribution is -2.11. The molecule has 1 N–H and O–H groups in total. The smallest absolute Gasteiger partial charge is 0.362 e. The van der Waals surface area contributed by atoms with E-state index in [4.69, 9.17) is 9.47 Å². The van der Waals surface area contributed by atoms with E-state index in [0.717, 1.165) is 0 Å². The summed E-state index contributed by atoms with van der Waals surface area (Å²) in [7, 11) is 1.29. The maximum atomic E-state index is 12.1. The highest BCUT2D eigenvalue weighted by molar-refractivity contribution is 5.94. The molecule has 3 aromatic rings. The summed E-state index contributed by atoms with van der Waals surface area (Å²) in [6, 6.07) is 8.46. The van der Waals surface area contributed by atoms with E-state index in [1.807, 2.05) is 0 Å². The quantitative estimate of drug-likeness (QED) is 0.321. The summed E-state index contributed by atoms with van der Waals surface area (Å²) in [6.07, 6.45) is 0. The lowest BCUT2D eigenvalue weighted by Gasteiger charge is -2.11. The van der Waals surface area contributed by atoms with Crippen molar-refractivity contribution in [3.8, 4) is 5.88 Å². The Kier molecular flexibility index (Phi) is 6.19. The third kappa shape index (κ3) is 4.63. The van der Waals surface area contributed by atoms with Crippen molar-refractivity contribution in [3.05, 3.63) is 67.9 Å². The molecule has 0 aliphatic heterocycles. The second-order valence-corrected chi connectivity index (χ2v) is 6.20. The zero-order valence-electron chi connectivity index (χ0n) is 16.5. The minimum atomic E-state index is -0.738. The Bertz CT molecular complexity index is 1180. The summed E-state index contributed by atoms with van der Waals surface area (Å²) >= 11 is 0. The highest BCUT2D eigenvalue weighted by Gasteiger charge is 2.22. The highest BCUT2D eigenvalue weighted by atomic mass is 16.6. The maximum Gasteiger partial charge on any atom is 0.362 e. The molecule has 2 aromatic carbocycles. The van der Waals surface area contributed by atoms with Crippen LogP contribution in [0, 0.1) is 20.2 Å². The van der Waals surface area contributed by atoms with Gasteiger partial charge in [0.1, 0.15) is 5.69 Å². The van der Waals surface area contributed by atoms with Crippen molar-refractivity contribution in [2.45, 2.75) is 13.5 Å². The fraction of sp³-hybridized carbons (Fsp3) is 0.211. The first-order valence-corrected chi connectivity index (χ1v) is 9.02. The van der Waals surface area contributed by atoms with Gasteiger partial charge in [-0.3, -0.25) is 20.2 Å². The average molecular weight is 427 g/mol. The number of ether oxygens (including phenoxy) is 2. The van der Waals surface area contributed by atoms with Crippen LogP contribution in [0.5, 0.6) is 5.88 Å². The van der Waals surface area contributed by atoms with Gasteiger partial charge >= 0.3 is 5.97 Å². The molecule has 0 atom stereocenters. The van der Waals surface area contributed by atoms with Gasteiger partial charge in [0.05, 0.1) is 34.6 Å². The van der Waals surface area contributed by atoms with Gasteiger partial charge in [-0.2, -0.15) is 0 Å². The van der Waals surface area contributed by atoms with Crippen molar-refractivity contribution < 1.29 is 24.1 Å². The van der Waals surface area contributed by atoms with E-state index >= 15 is 0 Å². The number of nitrogens with zero attached hydrogens (tertiary/aromatic N) is 4. The summed E-state index contributed by atoms with van der Waals surface area (Å²) in [6.45, 7) is 1.85. The van der Waals surface area contributed by atoms with E-state index < -0.39 is 15.8 Å². The molecule has 0 amide bonds. The van der Waals surface area contributed by atoms with Crippen molar-refractivity contribution in [1.82, 2.24) is 9.97 Å². The molecule has 1 heterocycles. The van der Waals surface area contributed by atoms with Crippen LogP contribution in [0.15, 0.2) is 36.4 Å². The SMILES string of the molecule is CCOC(=O)c1nc2cc(NCc3cccc([N+](=O)[O-])c3)c([N+](=O)[O-])cc2nc1OC. The minimum Gasteiger partial charge on any atom is -0.479 e. The van der Waals surface area contributed by atoms with Crippen LogP contribution in [-0.2, 0) is 11.3 Å². The lowest BCUT2D eigenvalue weighted by molar-refractivity contribution is -0.384. The number of anilines is 1. The van der Waals surface area contributed by atoms with Crippen LogP contribution in [0.1, 0.15) is 23.0 Å². The Morgan fingerprint density at radius 3 is 2.48 bits per heavy atom. The van der Waals surface area contributed by atoms with Gasteiger partial charge in [-0.25, -0.2) is 14.8 Å². The third-order valence-corrected chi connectivity index (χ3v) is 4.21. The van der Waals surface area contributed by atoms with Crippen molar-refractivity contribution in [2.24, 2.45) is 0 Å². The second kappa shape index (κ2) is 8.98. The summed E-state index contributed by atoms with van der Waals surface area (Å²) in [5.74, 6) is -0.851. The number of carbonyl (C=O) groups is 1. The van der Waals surface area contributed by atoms with Crippen LogP contribution in [-0.4, -0.2) is 39.5 Å².